The first-order chi connectivity index (χ1) is 6.04. The van der Waals surface area contributed by atoms with Gasteiger partial charge in [-0.3, -0.25) is 0 Å². The number of hydrogen-bond donors (Lipinski definition) is 1. The Kier molecular flexibility index (Phi) is 2.55. The molecule has 1 aromatic carbocycles. The zero-order valence-electron chi connectivity index (χ0n) is 6.42. The number of hydrogen-bond acceptors (Lipinski definition) is 2. The van der Waals surface area contributed by atoms with Crippen molar-refractivity contribution in [3.05, 3.63) is 35.4 Å². The van der Waals surface area contributed by atoms with E-state index in [1.165, 1.54) is 12.1 Å². The molecule has 13 heavy (non-hydrogen) atoms. The lowest BCUT2D eigenvalue weighted by Gasteiger charge is -2.05. The maximum Gasteiger partial charge on any atom is 0.416 e. The molecule has 0 saturated heterocycles. The Morgan fingerprint density at radius 3 is 2.54 bits per heavy atom. The lowest BCUT2D eigenvalue weighted by molar-refractivity contribution is -0.137. The summed E-state index contributed by atoms with van der Waals surface area (Å²) in [4.78, 5) is 0. The predicted molar refractivity (Wildman–Crippen MR) is 40.8 cm³/mol. The molecule has 0 aliphatic heterocycles. The standard InChI is InChI=1S/C8H6F3NO/c9-8(10,11)7-3-1-2-6(4-7)5-12-13/h1-5,13H. The van der Waals surface area contributed by atoms with Crippen molar-refractivity contribution in [2.75, 3.05) is 0 Å². The van der Waals surface area contributed by atoms with Crippen molar-refractivity contribution in [1.29, 1.82) is 0 Å². The zero-order valence-corrected chi connectivity index (χ0v) is 6.42. The van der Waals surface area contributed by atoms with Crippen LogP contribution in [0, 0.1) is 0 Å². The van der Waals surface area contributed by atoms with E-state index < -0.39 is 11.7 Å². The van der Waals surface area contributed by atoms with Gasteiger partial charge in [-0.2, -0.15) is 13.2 Å². The third-order valence-electron chi connectivity index (χ3n) is 1.42. The molecule has 0 bridgehead atoms. The van der Waals surface area contributed by atoms with Gasteiger partial charge in [0.1, 0.15) is 0 Å². The first-order valence-electron chi connectivity index (χ1n) is 3.39. The third kappa shape index (κ3) is 2.47. The summed E-state index contributed by atoms with van der Waals surface area (Å²) in [6.45, 7) is 0. The van der Waals surface area contributed by atoms with Crippen molar-refractivity contribution in [2.45, 2.75) is 6.18 Å². The van der Waals surface area contributed by atoms with Crippen LogP contribution in [-0.2, 0) is 6.18 Å². The van der Waals surface area contributed by atoms with Crippen LogP contribution in [0.4, 0.5) is 13.2 Å². The van der Waals surface area contributed by atoms with E-state index in [9.17, 15) is 13.2 Å². The monoisotopic (exact) mass is 189 g/mol. The van der Waals surface area contributed by atoms with Crippen LogP contribution in [0.1, 0.15) is 11.1 Å². The molecule has 0 spiro atoms. The van der Waals surface area contributed by atoms with Crippen LogP contribution in [0.5, 0.6) is 0 Å². The fourth-order valence-electron chi connectivity index (χ4n) is 0.862. The molecule has 0 aliphatic carbocycles. The molecule has 1 aromatic rings. The Hall–Kier alpha value is -1.52. The van der Waals surface area contributed by atoms with Gasteiger partial charge in [0, 0.05) is 0 Å². The van der Waals surface area contributed by atoms with Gasteiger partial charge in [0.15, 0.2) is 0 Å². The summed E-state index contributed by atoms with van der Waals surface area (Å²) in [6.07, 6.45) is -3.42. The first-order valence-corrected chi connectivity index (χ1v) is 3.39. The van der Waals surface area contributed by atoms with Crippen molar-refractivity contribution in [1.82, 2.24) is 0 Å². The summed E-state index contributed by atoms with van der Waals surface area (Å²) < 4.78 is 36.3. The maximum atomic E-state index is 12.1. The van der Waals surface area contributed by atoms with Crippen LogP contribution < -0.4 is 0 Å². The zero-order chi connectivity index (χ0) is 9.90. The average Bonchev–Trinajstić information content (AvgIpc) is 2.04. The Bertz CT molecular complexity index is 319. The minimum atomic E-state index is -4.36. The third-order valence-corrected chi connectivity index (χ3v) is 1.42. The van der Waals surface area contributed by atoms with Crippen LogP contribution >= 0.6 is 0 Å². The largest absolute Gasteiger partial charge is 0.416 e. The Labute approximate surface area is 72.3 Å². The summed E-state index contributed by atoms with van der Waals surface area (Å²) in [7, 11) is 0. The first kappa shape index (κ1) is 9.57. The Morgan fingerprint density at radius 2 is 2.00 bits per heavy atom. The number of alkyl halides is 3. The quantitative estimate of drug-likeness (QED) is 0.411. The van der Waals surface area contributed by atoms with Crippen LogP contribution in [0.2, 0.25) is 0 Å². The number of oxime groups is 1. The van der Waals surface area contributed by atoms with E-state index in [1.807, 2.05) is 0 Å². The van der Waals surface area contributed by atoms with E-state index in [1.54, 1.807) is 0 Å². The maximum absolute atomic E-state index is 12.1. The predicted octanol–water partition coefficient (Wildman–Crippen LogP) is 2.51. The molecular weight excluding hydrogens is 183 g/mol. The van der Waals surface area contributed by atoms with Gasteiger partial charge in [0.2, 0.25) is 0 Å². The Morgan fingerprint density at radius 1 is 1.31 bits per heavy atom. The lowest BCUT2D eigenvalue weighted by atomic mass is 10.1. The van der Waals surface area contributed by atoms with Gasteiger partial charge >= 0.3 is 6.18 Å². The highest BCUT2D eigenvalue weighted by Gasteiger charge is 2.30. The number of nitrogens with zero attached hydrogens (tertiary/aromatic N) is 1. The minimum absolute atomic E-state index is 0.206. The minimum Gasteiger partial charge on any atom is -0.411 e. The summed E-state index contributed by atoms with van der Waals surface area (Å²) in [5, 5.41) is 10.7. The molecule has 0 unspecified atom stereocenters. The van der Waals surface area contributed by atoms with Crippen LogP contribution in [0.25, 0.3) is 0 Å². The van der Waals surface area contributed by atoms with Crippen LogP contribution in [-0.4, -0.2) is 11.4 Å². The fraction of sp³-hybridized carbons (Fsp3) is 0.125. The molecule has 70 valence electrons. The van der Waals surface area contributed by atoms with E-state index >= 15 is 0 Å². The highest BCUT2D eigenvalue weighted by molar-refractivity contribution is 5.79. The number of halogens is 3. The molecule has 1 N–H and O–H groups in total. The smallest absolute Gasteiger partial charge is 0.411 e. The molecule has 0 saturated carbocycles. The van der Waals surface area contributed by atoms with E-state index in [2.05, 4.69) is 5.16 Å². The van der Waals surface area contributed by atoms with Gasteiger partial charge in [0.05, 0.1) is 11.8 Å². The number of rotatable bonds is 1. The topological polar surface area (TPSA) is 32.6 Å². The van der Waals surface area contributed by atoms with Crippen LogP contribution in [0.15, 0.2) is 29.4 Å². The van der Waals surface area contributed by atoms with Gasteiger partial charge in [-0.05, 0) is 17.7 Å². The van der Waals surface area contributed by atoms with E-state index in [4.69, 9.17) is 5.21 Å². The molecule has 1 rings (SSSR count). The van der Waals surface area contributed by atoms with Crippen molar-refractivity contribution < 1.29 is 18.4 Å². The summed E-state index contributed by atoms with van der Waals surface area (Å²) in [5.74, 6) is 0. The van der Waals surface area contributed by atoms with Gasteiger partial charge in [-0.1, -0.05) is 17.3 Å². The Balaban J connectivity index is 3.05. The van der Waals surface area contributed by atoms with Gasteiger partial charge in [-0.25, -0.2) is 0 Å². The van der Waals surface area contributed by atoms with Crippen molar-refractivity contribution in [3.8, 4) is 0 Å². The molecule has 0 heterocycles. The lowest BCUT2D eigenvalue weighted by Crippen LogP contribution is -2.04. The second kappa shape index (κ2) is 3.47. The fourth-order valence-corrected chi connectivity index (χ4v) is 0.862. The highest BCUT2D eigenvalue weighted by Crippen LogP contribution is 2.29. The second-order valence-electron chi connectivity index (χ2n) is 2.37. The molecule has 0 aliphatic rings. The summed E-state index contributed by atoms with van der Waals surface area (Å²) in [6, 6.07) is 4.52. The van der Waals surface area contributed by atoms with Crippen molar-refractivity contribution in [3.63, 3.8) is 0 Å². The molecule has 0 fully saturated rings. The van der Waals surface area contributed by atoms with Crippen molar-refractivity contribution >= 4 is 6.21 Å². The van der Waals surface area contributed by atoms with Crippen molar-refractivity contribution in [2.24, 2.45) is 5.16 Å². The van der Waals surface area contributed by atoms with Gasteiger partial charge < -0.3 is 5.21 Å². The molecule has 0 radical (unpaired) electrons. The number of benzene rings is 1. The average molecular weight is 189 g/mol. The molecule has 5 heteroatoms. The molecule has 0 atom stereocenters. The SMILES string of the molecule is ON=Cc1cccc(C(F)(F)F)c1. The summed E-state index contributed by atoms with van der Waals surface area (Å²) in [5.41, 5.74) is -0.553. The normalized spacial score (nSPS) is 12.2. The van der Waals surface area contributed by atoms with E-state index in [-0.39, 0.29) is 5.56 Å². The van der Waals surface area contributed by atoms with Gasteiger partial charge in [0.25, 0.3) is 0 Å². The summed E-state index contributed by atoms with van der Waals surface area (Å²) >= 11 is 0. The van der Waals surface area contributed by atoms with E-state index in [0.29, 0.717) is 0 Å². The molecule has 0 aromatic heterocycles. The molecule has 0 amide bonds. The van der Waals surface area contributed by atoms with Crippen LogP contribution in [0.3, 0.4) is 0 Å². The second-order valence-corrected chi connectivity index (χ2v) is 2.37. The molecular formula is C8H6F3NO. The van der Waals surface area contributed by atoms with E-state index in [0.717, 1.165) is 18.3 Å². The molecule has 2 nitrogen and oxygen atoms in total. The highest BCUT2D eigenvalue weighted by atomic mass is 19.4. The van der Waals surface area contributed by atoms with Gasteiger partial charge in [-0.15, -0.1) is 0 Å².